The molecule has 0 aromatic heterocycles. The molecule has 0 saturated carbocycles. The molecule has 0 spiro atoms. The van der Waals surface area contributed by atoms with Crippen LogP contribution in [0.4, 0.5) is 0 Å². The van der Waals surface area contributed by atoms with Crippen molar-refractivity contribution in [2.45, 2.75) is 0 Å². The third-order valence-corrected chi connectivity index (χ3v) is 1.47. The van der Waals surface area contributed by atoms with Crippen LogP contribution >= 0.6 is 8.03 Å². The van der Waals surface area contributed by atoms with Gasteiger partial charge in [0, 0.05) is 0 Å². The molecule has 0 bridgehead atoms. The minimum atomic E-state index is -2.39. The molecule has 0 rings (SSSR count). The quantitative estimate of drug-likeness (QED) is 0.194. The van der Waals surface area contributed by atoms with Crippen LogP contribution in [-0.2, 0) is 4.57 Å². The van der Waals surface area contributed by atoms with E-state index < -0.39 is 8.03 Å². The summed E-state index contributed by atoms with van der Waals surface area (Å²) >= 11 is 0. The SMILES string of the molecule is C[N+](C[P+](=O)[O-])=C(N)[NH3+]. The molecule has 0 aromatic carbocycles. The van der Waals surface area contributed by atoms with Crippen LogP contribution in [0.3, 0.4) is 0 Å². The molecule has 6 heteroatoms. The zero-order chi connectivity index (χ0) is 7.44. The molecule has 0 heterocycles. The van der Waals surface area contributed by atoms with Crippen LogP contribution in [-0.4, -0.2) is 23.9 Å². The molecule has 0 amide bonds. The lowest BCUT2D eigenvalue weighted by molar-refractivity contribution is -0.522. The van der Waals surface area contributed by atoms with Gasteiger partial charge in [-0.05, 0) is 0 Å². The van der Waals surface area contributed by atoms with Crippen molar-refractivity contribution in [1.29, 1.82) is 0 Å². The van der Waals surface area contributed by atoms with E-state index in [0.717, 1.165) is 0 Å². The zero-order valence-corrected chi connectivity index (χ0v) is 6.10. The van der Waals surface area contributed by atoms with Crippen LogP contribution in [0.5, 0.6) is 0 Å². The van der Waals surface area contributed by atoms with Gasteiger partial charge in [-0.2, -0.15) is 4.58 Å². The molecule has 5 N–H and O–H groups in total. The lowest BCUT2D eigenvalue weighted by Gasteiger charge is -1.89. The number of guanidine groups is 1. The van der Waals surface area contributed by atoms with Crippen molar-refractivity contribution in [2.24, 2.45) is 5.73 Å². The molecule has 1 unspecified atom stereocenters. The Morgan fingerprint density at radius 3 is 2.56 bits per heavy atom. The number of rotatable bonds is 2. The average molecular weight is 151 g/mol. The fraction of sp³-hybridized carbons (Fsp3) is 0.667. The second kappa shape index (κ2) is 3.50. The van der Waals surface area contributed by atoms with Gasteiger partial charge in [0.15, 0.2) is 0 Å². The third-order valence-electron chi connectivity index (χ3n) is 0.818. The first-order chi connectivity index (χ1) is 4.04. The van der Waals surface area contributed by atoms with Crippen LogP contribution in [0.2, 0.25) is 0 Å². The molecular weight excluding hydrogens is 141 g/mol. The molecule has 0 aliphatic heterocycles. The molecule has 9 heavy (non-hydrogen) atoms. The molecule has 0 aliphatic rings. The van der Waals surface area contributed by atoms with Crippen molar-refractivity contribution in [2.75, 3.05) is 13.3 Å². The van der Waals surface area contributed by atoms with E-state index in [1.54, 1.807) is 7.05 Å². The van der Waals surface area contributed by atoms with Gasteiger partial charge in [0.05, 0.1) is 7.05 Å². The molecule has 52 valence electrons. The molecule has 0 radical (unpaired) electrons. The van der Waals surface area contributed by atoms with Crippen LogP contribution in [0.25, 0.3) is 0 Å². The van der Waals surface area contributed by atoms with E-state index in [4.69, 9.17) is 5.73 Å². The topological polar surface area (TPSA) is 96.8 Å². The largest absolute Gasteiger partial charge is 0.592 e. The highest BCUT2D eigenvalue weighted by molar-refractivity contribution is 7.36. The Hall–Kier alpha value is -0.510. The molecule has 0 aliphatic carbocycles. The smallest absolute Gasteiger partial charge is 0.439 e. The summed E-state index contributed by atoms with van der Waals surface area (Å²) in [6.07, 6.45) is -0.0648. The van der Waals surface area contributed by atoms with Gasteiger partial charge >= 0.3 is 14.0 Å². The van der Waals surface area contributed by atoms with Gasteiger partial charge in [-0.3, -0.25) is 5.73 Å². The molecular formula is C3H10N3O2P+2. The van der Waals surface area contributed by atoms with Crippen molar-refractivity contribution in [3.05, 3.63) is 0 Å². The van der Waals surface area contributed by atoms with Crippen molar-refractivity contribution < 1.29 is 19.8 Å². The Balaban J connectivity index is 3.92. The normalized spacial score (nSPS) is 14.8. The second-order valence-electron chi connectivity index (χ2n) is 1.66. The second-order valence-corrected chi connectivity index (χ2v) is 2.61. The number of nitrogens with two attached hydrogens (primary N) is 1. The Morgan fingerprint density at radius 1 is 2.00 bits per heavy atom. The summed E-state index contributed by atoms with van der Waals surface area (Å²) in [5.41, 5.74) is 8.49. The lowest BCUT2D eigenvalue weighted by atomic mass is 10.9. The van der Waals surface area contributed by atoms with E-state index in [1.165, 1.54) is 4.58 Å². The summed E-state index contributed by atoms with van der Waals surface area (Å²) in [7, 11) is -0.824. The Kier molecular flexibility index (Phi) is 3.30. The molecule has 5 nitrogen and oxygen atoms in total. The predicted octanol–water partition coefficient (Wildman–Crippen LogP) is -2.75. The highest BCUT2D eigenvalue weighted by atomic mass is 31.1. The number of hydrogen-bond acceptors (Lipinski definition) is 2. The Labute approximate surface area is 53.8 Å². The standard InChI is InChI=1S/C3H8N3O2P/c1-6(3(4)5)2-9(7)8/h2H2,1H3,(H3,4,5)/p+2. The van der Waals surface area contributed by atoms with Crippen LogP contribution in [0.1, 0.15) is 0 Å². The molecule has 0 aromatic rings. The maximum Gasteiger partial charge on any atom is 0.439 e. The maximum atomic E-state index is 10.0. The first kappa shape index (κ1) is 8.49. The van der Waals surface area contributed by atoms with Crippen molar-refractivity contribution in [3.63, 3.8) is 0 Å². The van der Waals surface area contributed by atoms with Gasteiger partial charge in [0.2, 0.25) is 0 Å². The Morgan fingerprint density at radius 2 is 2.44 bits per heavy atom. The number of quaternary nitrogens is 1. The summed E-state index contributed by atoms with van der Waals surface area (Å²) in [6.45, 7) is 0. The number of nitrogens with zero attached hydrogens (tertiary/aromatic N) is 1. The highest BCUT2D eigenvalue weighted by Gasteiger charge is 2.08. The summed E-state index contributed by atoms with van der Waals surface area (Å²) in [4.78, 5) is 10.0. The summed E-state index contributed by atoms with van der Waals surface area (Å²) in [5.74, 6) is 0.259. The van der Waals surface area contributed by atoms with Gasteiger partial charge in [-0.15, -0.1) is 0 Å². The summed E-state index contributed by atoms with van der Waals surface area (Å²) in [5, 5.41) is 0. The van der Waals surface area contributed by atoms with Crippen LogP contribution < -0.4 is 16.4 Å². The van der Waals surface area contributed by atoms with Gasteiger partial charge in [-0.25, -0.2) is 5.73 Å². The molecule has 0 fully saturated rings. The fourth-order valence-corrected chi connectivity index (χ4v) is 0.792. The van der Waals surface area contributed by atoms with E-state index >= 15 is 0 Å². The van der Waals surface area contributed by atoms with Gasteiger partial charge in [0.25, 0.3) is 6.29 Å². The van der Waals surface area contributed by atoms with Crippen molar-refractivity contribution in [3.8, 4) is 0 Å². The van der Waals surface area contributed by atoms with E-state index in [-0.39, 0.29) is 12.2 Å². The van der Waals surface area contributed by atoms with Crippen LogP contribution in [0, 0.1) is 0 Å². The minimum absolute atomic E-state index is 0.0648. The first-order valence-corrected chi connectivity index (χ1v) is 3.67. The molecule has 0 saturated heterocycles. The molecule has 1 atom stereocenters. The van der Waals surface area contributed by atoms with E-state index in [0.29, 0.717) is 0 Å². The number of hydrogen-bond donors (Lipinski definition) is 2. The van der Waals surface area contributed by atoms with E-state index in [2.05, 4.69) is 5.73 Å². The summed E-state index contributed by atoms with van der Waals surface area (Å²) < 4.78 is 11.4. The van der Waals surface area contributed by atoms with Gasteiger partial charge in [0.1, 0.15) is 0 Å². The van der Waals surface area contributed by atoms with Crippen molar-refractivity contribution >= 4 is 14.0 Å². The maximum absolute atomic E-state index is 10.0. The average Bonchev–Trinajstić information content (AvgIpc) is 1.63. The zero-order valence-electron chi connectivity index (χ0n) is 5.20. The van der Waals surface area contributed by atoms with Gasteiger partial charge in [-0.1, -0.05) is 4.57 Å². The van der Waals surface area contributed by atoms with E-state index in [9.17, 15) is 9.46 Å². The van der Waals surface area contributed by atoms with E-state index in [1.807, 2.05) is 0 Å². The minimum Gasteiger partial charge on any atom is -0.592 e. The lowest BCUT2D eigenvalue weighted by Crippen LogP contribution is -2.66. The van der Waals surface area contributed by atoms with Crippen molar-refractivity contribution in [1.82, 2.24) is 0 Å². The van der Waals surface area contributed by atoms with Gasteiger partial charge < -0.3 is 4.89 Å². The Bertz CT molecular complexity index is 151. The predicted molar refractivity (Wildman–Crippen MR) is 30.7 cm³/mol. The highest BCUT2D eigenvalue weighted by Crippen LogP contribution is 2.03. The van der Waals surface area contributed by atoms with Crippen LogP contribution in [0.15, 0.2) is 0 Å². The monoisotopic (exact) mass is 151 g/mol. The third kappa shape index (κ3) is 4.02. The fourth-order valence-electron chi connectivity index (χ4n) is 0.264. The first-order valence-electron chi connectivity index (χ1n) is 2.31. The summed E-state index contributed by atoms with van der Waals surface area (Å²) in [6, 6.07) is 0.